The Kier molecular flexibility index (Phi) is 5.25. The van der Waals surface area contributed by atoms with Crippen LogP contribution >= 0.6 is 0 Å². The average molecular weight is 374 g/mol. The van der Waals surface area contributed by atoms with Crippen molar-refractivity contribution in [2.75, 3.05) is 26.2 Å². The molecule has 4 nitrogen and oxygen atoms in total. The molecule has 1 atom stereocenters. The molecule has 0 bridgehead atoms. The first-order valence-corrected chi connectivity index (χ1v) is 9.58. The van der Waals surface area contributed by atoms with E-state index in [1.165, 1.54) is 12.5 Å². The third-order valence-corrected chi connectivity index (χ3v) is 6.00. The van der Waals surface area contributed by atoms with Gasteiger partial charge >= 0.3 is 0 Å². The van der Waals surface area contributed by atoms with E-state index >= 15 is 0 Å². The van der Waals surface area contributed by atoms with Gasteiger partial charge in [-0.05, 0) is 56.3 Å². The highest BCUT2D eigenvalue weighted by atomic mass is 19.2. The van der Waals surface area contributed by atoms with Crippen LogP contribution in [0.5, 0.6) is 0 Å². The lowest BCUT2D eigenvalue weighted by molar-refractivity contribution is 0.0772. The number of rotatable bonds is 4. The predicted octanol–water partition coefficient (Wildman–Crippen LogP) is 3.93. The summed E-state index contributed by atoms with van der Waals surface area (Å²) in [6.45, 7) is 3.81. The Bertz CT molecular complexity index is 785. The Balaban J connectivity index is 1.28. The fourth-order valence-electron chi connectivity index (χ4n) is 4.42. The standard InChI is InChI=1S/C21H24F2N2O2/c22-19-3-1-2-17(20(19)23)12-24-8-4-15(5-9-24)16-6-10-25(13-16)21(26)18-7-11-27-14-18/h1-3,7,11,14-16H,4-6,8-10,12-13H2/t16-/m1/s1. The Hall–Kier alpha value is -2.21. The van der Waals surface area contributed by atoms with Gasteiger partial charge in [-0.25, -0.2) is 8.78 Å². The fraction of sp³-hybridized carbons (Fsp3) is 0.476. The van der Waals surface area contributed by atoms with Crippen LogP contribution in [0.4, 0.5) is 8.78 Å². The summed E-state index contributed by atoms with van der Waals surface area (Å²) in [6.07, 6.45) is 6.13. The molecule has 2 fully saturated rings. The van der Waals surface area contributed by atoms with Crippen molar-refractivity contribution in [3.8, 4) is 0 Å². The maximum Gasteiger partial charge on any atom is 0.257 e. The van der Waals surface area contributed by atoms with Gasteiger partial charge in [-0.3, -0.25) is 9.69 Å². The van der Waals surface area contributed by atoms with E-state index in [-0.39, 0.29) is 5.91 Å². The number of likely N-dealkylation sites (tertiary alicyclic amines) is 2. The summed E-state index contributed by atoms with van der Waals surface area (Å²) in [5.41, 5.74) is 1.04. The van der Waals surface area contributed by atoms with Gasteiger partial charge in [0, 0.05) is 25.2 Å². The van der Waals surface area contributed by atoms with Crippen LogP contribution in [0.3, 0.4) is 0 Å². The molecule has 0 unspecified atom stereocenters. The molecule has 27 heavy (non-hydrogen) atoms. The summed E-state index contributed by atoms with van der Waals surface area (Å²) < 4.78 is 32.3. The Morgan fingerprint density at radius 3 is 2.59 bits per heavy atom. The van der Waals surface area contributed by atoms with Gasteiger partial charge in [0.2, 0.25) is 0 Å². The van der Waals surface area contributed by atoms with Gasteiger partial charge in [-0.2, -0.15) is 0 Å². The molecule has 0 aliphatic carbocycles. The lowest BCUT2D eigenvalue weighted by Crippen LogP contribution is -2.37. The molecule has 1 aromatic heterocycles. The monoisotopic (exact) mass is 374 g/mol. The molecule has 2 saturated heterocycles. The van der Waals surface area contributed by atoms with Gasteiger partial charge in [-0.1, -0.05) is 12.1 Å². The van der Waals surface area contributed by atoms with E-state index in [2.05, 4.69) is 4.90 Å². The highest BCUT2D eigenvalue weighted by Gasteiger charge is 2.34. The lowest BCUT2D eigenvalue weighted by Gasteiger charge is -2.35. The van der Waals surface area contributed by atoms with E-state index < -0.39 is 11.6 Å². The fourth-order valence-corrected chi connectivity index (χ4v) is 4.42. The molecule has 6 heteroatoms. The largest absolute Gasteiger partial charge is 0.472 e. The zero-order valence-electron chi connectivity index (χ0n) is 15.2. The van der Waals surface area contributed by atoms with E-state index in [4.69, 9.17) is 4.42 Å². The first-order valence-electron chi connectivity index (χ1n) is 9.58. The number of amides is 1. The number of benzene rings is 1. The van der Waals surface area contributed by atoms with Gasteiger partial charge in [0.25, 0.3) is 5.91 Å². The number of furan rings is 1. The highest BCUT2D eigenvalue weighted by Crippen LogP contribution is 2.33. The average Bonchev–Trinajstić information content (AvgIpc) is 3.38. The molecular weight excluding hydrogens is 350 g/mol. The van der Waals surface area contributed by atoms with Gasteiger partial charge in [0.1, 0.15) is 6.26 Å². The summed E-state index contributed by atoms with van der Waals surface area (Å²) in [4.78, 5) is 16.6. The third-order valence-electron chi connectivity index (χ3n) is 6.00. The van der Waals surface area contributed by atoms with Crippen molar-refractivity contribution < 1.29 is 18.0 Å². The molecular formula is C21H24F2N2O2. The first-order chi connectivity index (χ1) is 13.1. The van der Waals surface area contributed by atoms with Crippen molar-refractivity contribution in [2.45, 2.75) is 25.8 Å². The Labute approximate surface area is 157 Å². The maximum atomic E-state index is 13.9. The summed E-state index contributed by atoms with van der Waals surface area (Å²) in [6, 6.07) is 6.08. The molecule has 4 rings (SSSR count). The van der Waals surface area contributed by atoms with Crippen LogP contribution < -0.4 is 0 Å². The Morgan fingerprint density at radius 2 is 1.85 bits per heavy atom. The van der Waals surface area contributed by atoms with Crippen LogP contribution in [-0.2, 0) is 6.54 Å². The number of hydrogen-bond donors (Lipinski definition) is 0. The lowest BCUT2D eigenvalue weighted by atomic mass is 9.83. The van der Waals surface area contributed by atoms with E-state index in [1.54, 1.807) is 18.2 Å². The predicted molar refractivity (Wildman–Crippen MR) is 97.1 cm³/mol. The SMILES string of the molecule is O=C(c1ccoc1)N1CC[C@@H](C2CCN(Cc3cccc(F)c3F)CC2)C1. The number of carbonyl (C=O) groups excluding carboxylic acids is 1. The van der Waals surface area contributed by atoms with Gasteiger partial charge in [0.05, 0.1) is 11.8 Å². The van der Waals surface area contributed by atoms with E-state index in [0.717, 1.165) is 51.5 Å². The van der Waals surface area contributed by atoms with Crippen molar-refractivity contribution in [3.05, 3.63) is 59.6 Å². The van der Waals surface area contributed by atoms with Crippen molar-refractivity contribution >= 4 is 5.91 Å². The van der Waals surface area contributed by atoms with Crippen molar-refractivity contribution in [3.63, 3.8) is 0 Å². The van der Waals surface area contributed by atoms with Gasteiger partial charge in [-0.15, -0.1) is 0 Å². The summed E-state index contributed by atoms with van der Waals surface area (Å²) in [5.74, 6) is -0.362. The quantitative estimate of drug-likeness (QED) is 0.814. The molecule has 144 valence electrons. The molecule has 2 aliphatic heterocycles. The highest BCUT2D eigenvalue weighted by molar-refractivity contribution is 5.94. The van der Waals surface area contributed by atoms with Crippen molar-refractivity contribution in [1.82, 2.24) is 9.80 Å². The normalized spacial score (nSPS) is 21.7. The number of piperidine rings is 1. The minimum atomic E-state index is -0.782. The number of nitrogens with zero attached hydrogens (tertiary/aromatic N) is 2. The second kappa shape index (κ2) is 7.80. The van der Waals surface area contributed by atoms with Crippen molar-refractivity contribution in [2.24, 2.45) is 11.8 Å². The molecule has 0 spiro atoms. The minimum absolute atomic E-state index is 0.0465. The van der Waals surface area contributed by atoms with Gasteiger partial charge < -0.3 is 9.32 Å². The minimum Gasteiger partial charge on any atom is -0.472 e. The number of hydrogen-bond acceptors (Lipinski definition) is 3. The summed E-state index contributed by atoms with van der Waals surface area (Å²) >= 11 is 0. The molecule has 2 aliphatic rings. The molecule has 1 amide bonds. The van der Waals surface area contributed by atoms with Crippen LogP contribution in [0.15, 0.2) is 41.2 Å². The van der Waals surface area contributed by atoms with E-state index in [9.17, 15) is 13.6 Å². The number of halogens is 2. The smallest absolute Gasteiger partial charge is 0.257 e. The first kappa shape index (κ1) is 18.2. The zero-order chi connectivity index (χ0) is 18.8. The third kappa shape index (κ3) is 3.90. The molecule has 0 radical (unpaired) electrons. The molecule has 0 N–H and O–H groups in total. The molecule has 1 aromatic carbocycles. The maximum absolute atomic E-state index is 13.9. The van der Waals surface area contributed by atoms with E-state index in [1.807, 2.05) is 4.90 Å². The van der Waals surface area contributed by atoms with Crippen LogP contribution in [0.25, 0.3) is 0 Å². The summed E-state index contributed by atoms with van der Waals surface area (Å²) in [7, 11) is 0. The molecule has 2 aromatic rings. The van der Waals surface area contributed by atoms with Crippen LogP contribution in [0.2, 0.25) is 0 Å². The Morgan fingerprint density at radius 1 is 1.07 bits per heavy atom. The zero-order valence-corrected chi connectivity index (χ0v) is 15.2. The van der Waals surface area contributed by atoms with Crippen molar-refractivity contribution in [1.29, 1.82) is 0 Å². The number of carbonyl (C=O) groups is 1. The second-order valence-corrected chi connectivity index (χ2v) is 7.64. The van der Waals surface area contributed by atoms with Crippen LogP contribution in [0.1, 0.15) is 35.2 Å². The molecule has 0 saturated carbocycles. The van der Waals surface area contributed by atoms with Crippen LogP contribution in [-0.4, -0.2) is 41.9 Å². The topological polar surface area (TPSA) is 36.7 Å². The van der Waals surface area contributed by atoms with Crippen LogP contribution in [0, 0.1) is 23.5 Å². The second-order valence-electron chi connectivity index (χ2n) is 7.64. The summed E-state index contributed by atoms with van der Waals surface area (Å²) in [5, 5.41) is 0. The van der Waals surface area contributed by atoms with Gasteiger partial charge in [0.15, 0.2) is 11.6 Å². The van der Waals surface area contributed by atoms with E-state index in [0.29, 0.717) is 29.5 Å². The molecule has 3 heterocycles.